The molecule has 206 valence electrons. The Balaban J connectivity index is 1.34. The van der Waals surface area contributed by atoms with Crippen molar-refractivity contribution in [1.29, 1.82) is 0 Å². The molecule has 0 bridgehead atoms. The molecule has 39 heavy (non-hydrogen) atoms. The molecule has 1 aromatic heterocycles. The lowest BCUT2D eigenvalue weighted by Gasteiger charge is -2.36. The second-order valence-corrected chi connectivity index (χ2v) is 9.07. The monoisotopic (exact) mass is 540 g/mol. The van der Waals surface area contributed by atoms with E-state index in [1.165, 1.54) is 39.7 Å². The van der Waals surface area contributed by atoms with Crippen molar-refractivity contribution in [3.05, 3.63) is 65.9 Å². The molecule has 0 spiro atoms. The van der Waals surface area contributed by atoms with E-state index in [1.54, 1.807) is 41.1 Å². The molecule has 2 aromatic carbocycles. The summed E-state index contributed by atoms with van der Waals surface area (Å²) >= 11 is 0. The van der Waals surface area contributed by atoms with Crippen LogP contribution in [0.2, 0.25) is 0 Å². The number of hydrogen-bond acceptors (Lipinski definition) is 6. The van der Waals surface area contributed by atoms with Gasteiger partial charge in [0, 0.05) is 43.4 Å². The summed E-state index contributed by atoms with van der Waals surface area (Å²) in [7, 11) is 6.19. The highest BCUT2D eigenvalue weighted by molar-refractivity contribution is 5.96. The number of nitrogens with zero attached hydrogens (tertiary/aromatic N) is 3. The number of methoxy groups -OCH3 is 3. The zero-order valence-electron chi connectivity index (χ0n) is 22.2. The lowest BCUT2D eigenvalue weighted by atomic mass is 10.0. The molecule has 0 saturated carbocycles. The fourth-order valence-corrected chi connectivity index (χ4v) is 4.56. The summed E-state index contributed by atoms with van der Waals surface area (Å²) in [5.41, 5.74) is 1.55. The standard InChI is InChI=1S/C28H30F2N4O5/c1-33(28(36)32-21-5-6-23(31-16-21)17-11-19(29)15-20(30)12-17)22-7-9-34(10-8-22)27(35)18-13-24(37-2)26(39-4)25(14-18)38-3/h5-6,11-16,22H,7-10H2,1-4H3,(H,32,36). The Kier molecular flexibility index (Phi) is 8.48. The quantitative estimate of drug-likeness (QED) is 0.462. The maximum atomic E-state index is 13.5. The molecule has 9 nitrogen and oxygen atoms in total. The minimum Gasteiger partial charge on any atom is -0.493 e. The third-order valence-electron chi connectivity index (χ3n) is 6.70. The normalized spacial score (nSPS) is 13.5. The molecule has 1 aliphatic rings. The highest BCUT2D eigenvalue weighted by Gasteiger charge is 2.29. The van der Waals surface area contributed by atoms with Gasteiger partial charge in [0.05, 0.1) is 38.9 Å². The van der Waals surface area contributed by atoms with Crippen molar-refractivity contribution >= 4 is 17.6 Å². The number of pyridine rings is 1. The van der Waals surface area contributed by atoms with Gasteiger partial charge in [-0.3, -0.25) is 9.78 Å². The van der Waals surface area contributed by atoms with Gasteiger partial charge in [0.25, 0.3) is 5.91 Å². The third-order valence-corrected chi connectivity index (χ3v) is 6.70. The molecular formula is C28H30F2N4O5. The van der Waals surface area contributed by atoms with Gasteiger partial charge in [0.1, 0.15) is 11.6 Å². The Hall–Kier alpha value is -4.41. The molecular weight excluding hydrogens is 510 g/mol. The molecule has 3 aromatic rings. The first kappa shape index (κ1) is 27.6. The summed E-state index contributed by atoms with van der Waals surface area (Å²) in [5, 5.41) is 2.79. The van der Waals surface area contributed by atoms with E-state index in [4.69, 9.17) is 14.2 Å². The first-order valence-corrected chi connectivity index (χ1v) is 12.3. The van der Waals surface area contributed by atoms with Crippen molar-refractivity contribution < 1.29 is 32.6 Å². The summed E-state index contributed by atoms with van der Waals surface area (Å²) in [6.45, 7) is 0.941. The number of benzene rings is 2. The highest BCUT2D eigenvalue weighted by Crippen LogP contribution is 2.38. The Labute approximate surface area is 225 Å². The zero-order valence-corrected chi connectivity index (χ0v) is 22.2. The summed E-state index contributed by atoms with van der Waals surface area (Å²) < 4.78 is 43.1. The van der Waals surface area contributed by atoms with E-state index in [0.29, 0.717) is 65.7 Å². The summed E-state index contributed by atoms with van der Waals surface area (Å²) in [6, 6.07) is 9.23. The minimum absolute atomic E-state index is 0.0727. The van der Waals surface area contributed by atoms with Gasteiger partial charge < -0.3 is 29.3 Å². The molecule has 3 amide bonds. The number of halogens is 2. The molecule has 0 atom stereocenters. The van der Waals surface area contributed by atoms with Crippen LogP contribution in [0.3, 0.4) is 0 Å². The Bertz CT molecular complexity index is 1300. The van der Waals surface area contributed by atoms with Crippen LogP contribution in [0, 0.1) is 11.6 Å². The molecule has 11 heteroatoms. The second kappa shape index (κ2) is 12.0. The van der Waals surface area contributed by atoms with Crippen molar-refractivity contribution in [2.75, 3.05) is 46.8 Å². The number of hydrogen-bond donors (Lipinski definition) is 1. The largest absolute Gasteiger partial charge is 0.493 e. The van der Waals surface area contributed by atoms with Crippen molar-refractivity contribution in [2.24, 2.45) is 0 Å². The van der Waals surface area contributed by atoms with E-state index in [1.807, 2.05) is 0 Å². The summed E-state index contributed by atoms with van der Waals surface area (Å²) in [4.78, 5) is 33.6. The number of anilines is 1. The first-order valence-electron chi connectivity index (χ1n) is 12.3. The molecule has 1 saturated heterocycles. The van der Waals surface area contributed by atoms with Gasteiger partial charge in [0.2, 0.25) is 5.75 Å². The van der Waals surface area contributed by atoms with Gasteiger partial charge in [-0.15, -0.1) is 0 Å². The fourth-order valence-electron chi connectivity index (χ4n) is 4.56. The van der Waals surface area contributed by atoms with E-state index in [-0.39, 0.29) is 18.0 Å². The first-order chi connectivity index (χ1) is 18.7. The molecule has 2 heterocycles. The number of rotatable bonds is 7. The number of amides is 3. The highest BCUT2D eigenvalue weighted by atomic mass is 19.1. The molecule has 0 aliphatic carbocycles. The number of carbonyl (C=O) groups excluding carboxylic acids is 2. The molecule has 0 unspecified atom stereocenters. The average molecular weight is 541 g/mol. The van der Waals surface area contributed by atoms with Crippen molar-refractivity contribution in [3.8, 4) is 28.5 Å². The summed E-state index contributed by atoms with van der Waals surface area (Å²) in [6.07, 6.45) is 2.63. The van der Waals surface area contributed by atoms with Crippen LogP contribution >= 0.6 is 0 Å². The second-order valence-electron chi connectivity index (χ2n) is 9.07. The van der Waals surface area contributed by atoms with Gasteiger partial charge in [-0.2, -0.15) is 0 Å². The zero-order chi connectivity index (χ0) is 28.1. The van der Waals surface area contributed by atoms with Crippen LogP contribution in [-0.2, 0) is 0 Å². The molecule has 1 fully saturated rings. The number of likely N-dealkylation sites (tertiary alicyclic amines) is 1. The maximum absolute atomic E-state index is 13.5. The number of carbonyl (C=O) groups is 2. The van der Waals surface area contributed by atoms with Crippen LogP contribution in [0.15, 0.2) is 48.7 Å². The van der Waals surface area contributed by atoms with Crippen LogP contribution in [0.1, 0.15) is 23.2 Å². The van der Waals surface area contributed by atoms with Crippen LogP contribution < -0.4 is 19.5 Å². The predicted molar refractivity (Wildman–Crippen MR) is 141 cm³/mol. The number of aromatic nitrogens is 1. The van der Waals surface area contributed by atoms with E-state index in [9.17, 15) is 18.4 Å². The molecule has 1 aliphatic heterocycles. The average Bonchev–Trinajstić information content (AvgIpc) is 2.95. The lowest BCUT2D eigenvalue weighted by molar-refractivity contribution is 0.0670. The van der Waals surface area contributed by atoms with Crippen molar-refractivity contribution in [3.63, 3.8) is 0 Å². The Morgan fingerprint density at radius 1 is 0.949 bits per heavy atom. The fraction of sp³-hybridized carbons (Fsp3) is 0.321. The van der Waals surface area contributed by atoms with E-state index < -0.39 is 11.6 Å². The number of ether oxygens (including phenoxy) is 3. The number of nitrogens with one attached hydrogen (secondary N) is 1. The smallest absolute Gasteiger partial charge is 0.321 e. The van der Waals surface area contributed by atoms with Gasteiger partial charge in [-0.25, -0.2) is 13.6 Å². The minimum atomic E-state index is -0.693. The summed E-state index contributed by atoms with van der Waals surface area (Å²) in [5.74, 6) is -0.335. The third kappa shape index (κ3) is 6.19. The predicted octanol–water partition coefficient (Wildman–Crippen LogP) is 4.82. The van der Waals surface area contributed by atoms with Gasteiger partial charge in [-0.05, 0) is 49.2 Å². The lowest BCUT2D eigenvalue weighted by Crippen LogP contribution is -2.48. The molecule has 4 rings (SSSR count). The van der Waals surface area contributed by atoms with Crippen LogP contribution in [0.25, 0.3) is 11.3 Å². The number of piperidine rings is 1. The molecule has 1 N–H and O–H groups in total. The van der Waals surface area contributed by atoms with Gasteiger partial charge >= 0.3 is 6.03 Å². The van der Waals surface area contributed by atoms with Gasteiger partial charge in [0.15, 0.2) is 11.5 Å². The van der Waals surface area contributed by atoms with Crippen LogP contribution in [0.5, 0.6) is 17.2 Å². The van der Waals surface area contributed by atoms with E-state index in [2.05, 4.69) is 10.3 Å². The Morgan fingerprint density at radius 3 is 2.08 bits per heavy atom. The molecule has 0 radical (unpaired) electrons. The van der Waals surface area contributed by atoms with Crippen LogP contribution in [0.4, 0.5) is 19.3 Å². The van der Waals surface area contributed by atoms with E-state index >= 15 is 0 Å². The maximum Gasteiger partial charge on any atom is 0.321 e. The van der Waals surface area contributed by atoms with Crippen molar-refractivity contribution in [1.82, 2.24) is 14.8 Å². The Morgan fingerprint density at radius 2 is 1.56 bits per heavy atom. The van der Waals surface area contributed by atoms with Gasteiger partial charge in [-0.1, -0.05) is 0 Å². The van der Waals surface area contributed by atoms with Crippen LogP contribution in [-0.4, -0.2) is 74.2 Å². The number of urea groups is 1. The van der Waals surface area contributed by atoms with E-state index in [0.717, 1.165) is 6.07 Å². The van der Waals surface area contributed by atoms with Crippen molar-refractivity contribution in [2.45, 2.75) is 18.9 Å². The SMILES string of the molecule is COc1cc(C(=O)N2CCC(N(C)C(=O)Nc3ccc(-c4cc(F)cc(F)c4)nc3)CC2)cc(OC)c1OC. The topological polar surface area (TPSA) is 93.2 Å².